The lowest BCUT2D eigenvalue weighted by Gasteiger charge is -2.14. The van der Waals surface area contributed by atoms with Crippen molar-refractivity contribution < 1.29 is 4.42 Å². The second-order valence-electron chi connectivity index (χ2n) is 4.64. The van der Waals surface area contributed by atoms with Gasteiger partial charge in [0.25, 0.3) is 0 Å². The summed E-state index contributed by atoms with van der Waals surface area (Å²) < 4.78 is 5.45. The van der Waals surface area contributed by atoms with Gasteiger partial charge in [-0.3, -0.25) is 0 Å². The van der Waals surface area contributed by atoms with Crippen molar-refractivity contribution in [1.29, 1.82) is 0 Å². The lowest BCUT2D eigenvalue weighted by Crippen LogP contribution is -2.09. The van der Waals surface area contributed by atoms with Crippen molar-refractivity contribution in [3.63, 3.8) is 0 Å². The van der Waals surface area contributed by atoms with E-state index in [2.05, 4.69) is 40.7 Å². The fourth-order valence-electron chi connectivity index (χ4n) is 1.05. The van der Waals surface area contributed by atoms with Crippen LogP contribution in [0.2, 0.25) is 0 Å². The van der Waals surface area contributed by atoms with Gasteiger partial charge in [-0.2, -0.15) is 0 Å². The van der Waals surface area contributed by atoms with Crippen LogP contribution in [0.5, 0.6) is 0 Å². The first kappa shape index (κ1) is 9.37. The largest absolute Gasteiger partial charge is 0.469 e. The van der Waals surface area contributed by atoms with E-state index in [-0.39, 0.29) is 5.41 Å². The molecule has 1 nitrogen and oxygen atoms in total. The van der Waals surface area contributed by atoms with Gasteiger partial charge in [0.2, 0.25) is 0 Å². The van der Waals surface area contributed by atoms with Gasteiger partial charge in [0.1, 0.15) is 5.76 Å². The first-order valence-electron chi connectivity index (χ1n) is 4.50. The van der Waals surface area contributed by atoms with Crippen LogP contribution < -0.4 is 0 Å². The standard InChI is InChI=1S/C11H18O/c1-8(2)10-6-9(7-12-10)11(3,4)5/h6-8H,1-5H3. The molecular formula is C11H18O. The number of rotatable bonds is 1. The summed E-state index contributed by atoms with van der Waals surface area (Å²) in [6, 6.07) is 2.16. The molecule has 0 amide bonds. The summed E-state index contributed by atoms with van der Waals surface area (Å²) in [5.41, 5.74) is 1.49. The van der Waals surface area contributed by atoms with Crippen molar-refractivity contribution in [3.8, 4) is 0 Å². The van der Waals surface area contributed by atoms with E-state index in [0.29, 0.717) is 5.92 Å². The molecule has 12 heavy (non-hydrogen) atoms. The zero-order valence-corrected chi connectivity index (χ0v) is 8.64. The lowest BCUT2D eigenvalue weighted by molar-refractivity contribution is 0.479. The maximum absolute atomic E-state index is 5.45. The molecule has 0 aliphatic carbocycles. The molecule has 0 aromatic carbocycles. The molecule has 0 aliphatic heterocycles. The fourth-order valence-corrected chi connectivity index (χ4v) is 1.05. The molecule has 0 aliphatic rings. The van der Waals surface area contributed by atoms with Crippen LogP contribution in [0.4, 0.5) is 0 Å². The molecule has 0 radical (unpaired) electrons. The molecule has 1 heteroatoms. The lowest BCUT2D eigenvalue weighted by atomic mass is 9.89. The van der Waals surface area contributed by atoms with E-state index in [1.807, 2.05) is 6.26 Å². The normalized spacial score (nSPS) is 12.5. The van der Waals surface area contributed by atoms with Gasteiger partial charge in [-0.25, -0.2) is 0 Å². The van der Waals surface area contributed by atoms with E-state index in [9.17, 15) is 0 Å². The van der Waals surface area contributed by atoms with E-state index in [1.165, 1.54) is 5.56 Å². The van der Waals surface area contributed by atoms with Crippen LogP contribution in [0.3, 0.4) is 0 Å². The SMILES string of the molecule is CC(C)c1cc(C(C)(C)C)co1. The minimum absolute atomic E-state index is 0.205. The van der Waals surface area contributed by atoms with Crippen molar-refractivity contribution >= 4 is 0 Å². The fraction of sp³-hybridized carbons (Fsp3) is 0.636. The first-order valence-corrected chi connectivity index (χ1v) is 4.50. The molecule has 0 fully saturated rings. The average molecular weight is 166 g/mol. The topological polar surface area (TPSA) is 13.1 Å². The van der Waals surface area contributed by atoms with Gasteiger partial charge in [0, 0.05) is 5.92 Å². The summed E-state index contributed by atoms with van der Waals surface area (Å²) in [5.74, 6) is 1.57. The van der Waals surface area contributed by atoms with Crippen LogP contribution >= 0.6 is 0 Å². The summed E-state index contributed by atoms with van der Waals surface area (Å²) in [6.45, 7) is 10.9. The second-order valence-corrected chi connectivity index (χ2v) is 4.64. The quantitative estimate of drug-likeness (QED) is 0.620. The molecule has 0 saturated carbocycles. The Bertz CT molecular complexity index is 250. The Morgan fingerprint density at radius 1 is 1.25 bits per heavy atom. The van der Waals surface area contributed by atoms with E-state index in [0.717, 1.165) is 5.76 Å². The Balaban J connectivity index is 2.92. The third-order valence-corrected chi connectivity index (χ3v) is 2.05. The summed E-state index contributed by atoms with van der Waals surface area (Å²) in [5, 5.41) is 0. The van der Waals surface area contributed by atoms with Gasteiger partial charge in [0.15, 0.2) is 0 Å². The monoisotopic (exact) mass is 166 g/mol. The minimum atomic E-state index is 0.205. The third kappa shape index (κ3) is 1.90. The van der Waals surface area contributed by atoms with Crippen LogP contribution in [0.25, 0.3) is 0 Å². The summed E-state index contributed by atoms with van der Waals surface area (Å²) in [6.07, 6.45) is 1.87. The predicted octanol–water partition coefficient (Wildman–Crippen LogP) is 3.70. The third-order valence-electron chi connectivity index (χ3n) is 2.05. The zero-order valence-electron chi connectivity index (χ0n) is 8.64. The van der Waals surface area contributed by atoms with Gasteiger partial charge in [-0.15, -0.1) is 0 Å². The molecule has 0 saturated heterocycles. The Morgan fingerprint density at radius 3 is 2.08 bits per heavy atom. The molecule has 1 rings (SSSR count). The van der Waals surface area contributed by atoms with E-state index >= 15 is 0 Å². The number of furan rings is 1. The van der Waals surface area contributed by atoms with Crippen LogP contribution in [-0.2, 0) is 5.41 Å². The Labute approximate surface area is 74.8 Å². The highest BCUT2D eigenvalue weighted by atomic mass is 16.3. The summed E-state index contributed by atoms with van der Waals surface area (Å²) >= 11 is 0. The molecule has 1 aromatic rings. The molecule has 0 bridgehead atoms. The maximum Gasteiger partial charge on any atom is 0.106 e. The van der Waals surface area contributed by atoms with Gasteiger partial charge in [-0.05, 0) is 17.0 Å². The minimum Gasteiger partial charge on any atom is -0.469 e. The van der Waals surface area contributed by atoms with Gasteiger partial charge >= 0.3 is 0 Å². The molecule has 0 spiro atoms. The summed E-state index contributed by atoms with van der Waals surface area (Å²) in [4.78, 5) is 0. The van der Waals surface area contributed by atoms with E-state index in [1.54, 1.807) is 0 Å². The van der Waals surface area contributed by atoms with Crippen LogP contribution in [0.1, 0.15) is 51.9 Å². The predicted molar refractivity (Wildman–Crippen MR) is 51.5 cm³/mol. The van der Waals surface area contributed by atoms with Crippen molar-refractivity contribution in [2.45, 2.75) is 46.0 Å². The Kier molecular flexibility index (Phi) is 2.31. The Hall–Kier alpha value is -0.720. The van der Waals surface area contributed by atoms with Crippen LogP contribution in [0, 0.1) is 0 Å². The van der Waals surface area contributed by atoms with E-state index in [4.69, 9.17) is 4.42 Å². The summed E-state index contributed by atoms with van der Waals surface area (Å²) in [7, 11) is 0. The molecule has 0 N–H and O–H groups in total. The van der Waals surface area contributed by atoms with Gasteiger partial charge in [0.05, 0.1) is 6.26 Å². The first-order chi connectivity index (χ1) is 5.41. The zero-order chi connectivity index (χ0) is 9.35. The van der Waals surface area contributed by atoms with E-state index < -0.39 is 0 Å². The maximum atomic E-state index is 5.45. The highest BCUT2D eigenvalue weighted by molar-refractivity contribution is 5.22. The average Bonchev–Trinajstić information content (AvgIpc) is 2.30. The molecular weight excluding hydrogens is 148 g/mol. The van der Waals surface area contributed by atoms with Gasteiger partial charge < -0.3 is 4.42 Å². The molecule has 0 unspecified atom stereocenters. The van der Waals surface area contributed by atoms with Crippen molar-refractivity contribution in [1.82, 2.24) is 0 Å². The van der Waals surface area contributed by atoms with Crippen molar-refractivity contribution in [2.75, 3.05) is 0 Å². The van der Waals surface area contributed by atoms with Crippen LogP contribution in [-0.4, -0.2) is 0 Å². The van der Waals surface area contributed by atoms with Crippen molar-refractivity contribution in [2.24, 2.45) is 0 Å². The smallest absolute Gasteiger partial charge is 0.106 e. The molecule has 1 aromatic heterocycles. The molecule has 0 atom stereocenters. The number of hydrogen-bond donors (Lipinski definition) is 0. The highest BCUT2D eigenvalue weighted by Crippen LogP contribution is 2.27. The molecule has 68 valence electrons. The van der Waals surface area contributed by atoms with Gasteiger partial charge in [-0.1, -0.05) is 34.6 Å². The molecule has 1 heterocycles. The van der Waals surface area contributed by atoms with Crippen molar-refractivity contribution in [3.05, 3.63) is 23.7 Å². The second kappa shape index (κ2) is 2.96. The number of hydrogen-bond acceptors (Lipinski definition) is 1. The highest BCUT2D eigenvalue weighted by Gasteiger charge is 2.17. The van der Waals surface area contributed by atoms with Crippen LogP contribution in [0.15, 0.2) is 16.7 Å². The Morgan fingerprint density at radius 2 is 1.83 bits per heavy atom.